The molecule has 7 heteroatoms. The number of hydrogen-bond acceptors (Lipinski definition) is 5. The third kappa shape index (κ3) is 4.18. The number of nitrogens with zero attached hydrogens (tertiary/aromatic N) is 2. The van der Waals surface area contributed by atoms with Gasteiger partial charge in [-0.15, -0.1) is 0 Å². The molecule has 0 spiro atoms. The van der Waals surface area contributed by atoms with Crippen molar-refractivity contribution in [3.63, 3.8) is 0 Å². The average Bonchev–Trinajstić information content (AvgIpc) is 3.17. The van der Waals surface area contributed by atoms with E-state index in [0.717, 1.165) is 5.56 Å². The van der Waals surface area contributed by atoms with Crippen LogP contribution in [0.5, 0.6) is 11.5 Å². The van der Waals surface area contributed by atoms with Gasteiger partial charge in [0.15, 0.2) is 5.82 Å². The van der Waals surface area contributed by atoms with E-state index in [9.17, 15) is 4.79 Å². The normalized spacial score (nSPS) is 10.4. The molecule has 1 amide bonds. The largest absolute Gasteiger partial charge is 0.497 e. The number of ether oxygens (including phenoxy) is 2. The van der Waals surface area contributed by atoms with Crippen LogP contribution < -0.4 is 14.8 Å². The molecule has 1 heterocycles. The minimum Gasteiger partial charge on any atom is -0.497 e. The van der Waals surface area contributed by atoms with Crippen LogP contribution in [0.25, 0.3) is 11.4 Å². The van der Waals surface area contributed by atoms with Gasteiger partial charge in [0.25, 0.3) is 5.91 Å². The topological polar surface area (TPSA) is 89.1 Å². The lowest BCUT2D eigenvalue weighted by Crippen LogP contribution is -2.26. The maximum Gasteiger partial charge on any atom is 0.251 e. The predicted molar refractivity (Wildman–Crippen MR) is 97.4 cm³/mol. The van der Waals surface area contributed by atoms with Crippen molar-refractivity contribution in [2.24, 2.45) is 0 Å². The van der Waals surface area contributed by atoms with E-state index in [0.29, 0.717) is 41.7 Å². The van der Waals surface area contributed by atoms with Gasteiger partial charge < -0.3 is 14.8 Å². The smallest absolute Gasteiger partial charge is 0.251 e. The number of methoxy groups -OCH3 is 2. The summed E-state index contributed by atoms with van der Waals surface area (Å²) in [6, 6.07) is 14.8. The van der Waals surface area contributed by atoms with Gasteiger partial charge in [0.1, 0.15) is 17.3 Å². The molecule has 0 aliphatic heterocycles. The van der Waals surface area contributed by atoms with Gasteiger partial charge in [-0.05, 0) is 12.1 Å². The third-order valence-corrected chi connectivity index (χ3v) is 3.82. The summed E-state index contributed by atoms with van der Waals surface area (Å²) >= 11 is 0. The number of aromatic nitrogens is 3. The van der Waals surface area contributed by atoms with E-state index in [1.165, 1.54) is 0 Å². The molecule has 0 fully saturated rings. The van der Waals surface area contributed by atoms with Gasteiger partial charge in [0.2, 0.25) is 0 Å². The highest BCUT2D eigenvalue weighted by Crippen LogP contribution is 2.22. The Morgan fingerprint density at radius 1 is 1.08 bits per heavy atom. The zero-order valence-corrected chi connectivity index (χ0v) is 14.7. The fraction of sp³-hybridized carbons (Fsp3) is 0.211. The summed E-state index contributed by atoms with van der Waals surface area (Å²) in [5.74, 6) is 2.29. The number of hydrogen-bond donors (Lipinski definition) is 2. The van der Waals surface area contributed by atoms with Gasteiger partial charge in [-0.2, -0.15) is 5.10 Å². The summed E-state index contributed by atoms with van der Waals surface area (Å²) in [5.41, 5.74) is 1.42. The molecule has 26 heavy (non-hydrogen) atoms. The van der Waals surface area contributed by atoms with E-state index < -0.39 is 0 Å². The van der Waals surface area contributed by atoms with E-state index in [1.807, 2.05) is 30.3 Å². The molecule has 3 rings (SSSR count). The van der Waals surface area contributed by atoms with Crippen molar-refractivity contribution in [3.05, 3.63) is 59.9 Å². The zero-order chi connectivity index (χ0) is 18.4. The SMILES string of the molecule is COc1cc(OC)cc(C(=O)NCCc2nc(-c3ccccc3)n[nH]2)c1. The Labute approximate surface area is 151 Å². The molecule has 2 N–H and O–H groups in total. The molecule has 134 valence electrons. The van der Waals surface area contributed by atoms with Gasteiger partial charge in [-0.1, -0.05) is 30.3 Å². The van der Waals surface area contributed by atoms with Crippen molar-refractivity contribution in [1.29, 1.82) is 0 Å². The van der Waals surface area contributed by atoms with Gasteiger partial charge in [-0.25, -0.2) is 4.98 Å². The van der Waals surface area contributed by atoms with Crippen LogP contribution in [-0.4, -0.2) is 41.9 Å². The van der Waals surface area contributed by atoms with Crippen molar-refractivity contribution in [1.82, 2.24) is 20.5 Å². The quantitative estimate of drug-likeness (QED) is 0.682. The van der Waals surface area contributed by atoms with E-state index >= 15 is 0 Å². The Kier molecular flexibility index (Phi) is 5.48. The highest BCUT2D eigenvalue weighted by atomic mass is 16.5. The van der Waals surface area contributed by atoms with Crippen LogP contribution in [0.15, 0.2) is 48.5 Å². The van der Waals surface area contributed by atoms with Crippen LogP contribution in [0.1, 0.15) is 16.2 Å². The van der Waals surface area contributed by atoms with Crippen molar-refractivity contribution in [2.75, 3.05) is 20.8 Å². The van der Waals surface area contributed by atoms with Crippen LogP contribution in [0, 0.1) is 0 Å². The van der Waals surface area contributed by atoms with Crippen LogP contribution in [0.2, 0.25) is 0 Å². The van der Waals surface area contributed by atoms with Crippen molar-refractivity contribution >= 4 is 5.91 Å². The second-order valence-corrected chi connectivity index (χ2v) is 5.58. The Bertz CT molecular complexity index is 855. The molecule has 0 aliphatic rings. The summed E-state index contributed by atoms with van der Waals surface area (Å²) < 4.78 is 10.4. The van der Waals surface area contributed by atoms with E-state index in [4.69, 9.17) is 9.47 Å². The lowest BCUT2D eigenvalue weighted by atomic mass is 10.2. The number of carbonyl (C=O) groups excluding carboxylic acids is 1. The Hall–Kier alpha value is -3.35. The molecular weight excluding hydrogens is 332 g/mol. The van der Waals surface area contributed by atoms with Crippen LogP contribution in [0.3, 0.4) is 0 Å². The summed E-state index contributed by atoms with van der Waals surface area (Å²) in [6.07, 6.45) is 0.548. The molecule has 2 aromatic carbocycles. The van der Waals surface area contributed by atoms with Crippen molar-refractivity contribution < 1.29 is 14.3 Å². The first-order valence-electron chi connectivity index (χ1n) is 8.17. The summed E-state index contributed by atoms with van der Waals surface area (Å²) in [5, 5.41) is 9.97. The number of aromatic amines is 1. The van der Waals surface area contributed by atoms with Crippen molar-refractivity contribution in [2.45, 2.75) is 6.42 Å². The number of nitrogens with one attached hydrogen (secondary N) is 2. The molecule has 0 bridgehead atoms. The monoisotopic (exact) mass is 352 g/mol. The molecule has 0 saturated heterocycles. The average molecular weight is 352 g/mol. The van der Waals surface area contributed by atoms with Gasteiger partial charge in [0.05, 0.1) is 14.2 Å². The lowest BCUT2D eigenvalue weighted by Gasteiger charge is -2.08. The van der Waals surface area contributed by atoms with Crippen LogP contribution in [-0.2, 0) is 6.42 Å². The number of carbonyl (C=O) groups is 1. The first kappa shape index (κ1) is 17.5. The molecule has 0 saturated carbocycles. The standard InChI is InChI=1S/C19H20N4O3/c1-25-15-10-14(11-16(12-15)26-2)19(24)20-9-8-17-21-18(23-22-17)13-6-4-3-5-7-13/h3-7,10-12H,8-9H2,1-2H3,(H,20,24)(H,21,22,23). The minimum absolute atomic E-state index is 0.204. The first-order chi connectivity index (χ1) is 12.7. The van der Waals surface area contributed by atoms with E-state index in [1.54, 1.807) is 32.4 Å². The zero-order valence-electron chi connectivity index (χ0n) is 14.7. The Balaban J connectivity index is 1.58. The Morgan fingerprint density at radius 2 is 1.77 bits per heavy atom. The van der Waals surface area contributed by atoms with Crippen LogP contribution >= 0.6 is 0 Å². The second kappa shape index (κ2) is 8.15. The molecule has 1 aromatic heterocycles. The molecule has 7 nitrogen and oxygen atoms in total. The molecule has 0 atom stereocenters. The predicted octanol–water partition coefficient (Wildman–Crippen LogP) is 2.46. The number of H-pyrrole nitrogens is 1. The summed E-state index contributed by atoms with van der Waals surface area (Å²) in [4.78, 5) is 16.8. The molecule has 0 radical (unpaired) electrons. The summed E-state index contributed by atoms with van der Waals surface area (Å²) in [7, 11) is 3.09. The minimum atomic E-state index is -0.204. The fourth-order valence-electron chi connectivity index (χ4n) is 2.46. The molecular formula is C19H20N4O3. The second-order valence-electron chi connectivity index (χ2n) is 5.58. The van der Waals surface area contributed by atoms with Gasteiger partial charge in [-0.3, -0.25) is 9.89 Å². The summed E-state index contributed by atoms with van der Waals surface area (Å²) in [6.45, 7) is 0.432. The maximum absolute atomic E-state index is 12.3. The Morgan fingerprint density at radius 3 is 2.42 bits per heavy atom. The number of benzene rings is 2. The van der Waals surface area contributed by atoms with E-state index in [-0.39, 0.29) is 5.91 Å². The molecule has 0 unspecified atom stereocenters. The molecule has 0 aliphatic carbocycles. The van der Waals surface area contributed by atoms with Gasteiger partial charge in [0, 0.05) is 30.2 Å². The van der Waals surface area contributed by atoms with Crippen molar-refractivity contribution in [3.8, 4) is 22.9 Å². The van der Waals surface area contributed by atoms with E-state index in [2.05, 4.69) is 20.5 Å². The van der Waals surface area contributed by atoms with Gasteiger partial charge >= 0.3 is 0 Å². The lowest BCUT2D eigenvalue weighted by molar-refractivity contribution is 0.0953. The third-order valence-electron chi connectivity index (χ3n) is 3.82. The molecule has 3 aromatic rings. The highest BCUT2D eigenvalue weighted by molar-refractivity contribution is 5.95. The maximum atomic E-state index is 12.3. The number of amides is 1. The van der Waals surface area contributed by atoms with Crippen LogP contribution in [0.4, 0.5) is 0 Å². The number of rotatable bonds is 7. The fourth-order valence-corrected chi connectivity index (χ4v) is 2.46. The highest BCUT2D eigenvalue weighted by Gasteiger charge is 2.10. The first-order valence-corrected chi connectivity index (χ1v) is 8.17.